The molecule has 0 spiro atoms. The number of benzene rings is 1. The Morgan fingerprint density at radius 2 is 1.93 bits per heavy atom. The van der Waals surface area contributed by atoms with E-state index in [-0.39, 0.29) is 0 Å². The van der Waals surface area contributed by atoms with Crippen LogP contribution in [0.3, 0.4) is 0 Å². The summed E-state index contributed by atoms with van der Waals surface area (Å²) in [6.07, 6.45) is -0.437. The van der Waals surface area contributed by atoms with Crippen LogP contribution >= 0.6 is 0 Å². The highest BCUT2D eigenvalue weighted by Crippen LogP contribution is 2.23. The minimum absolute atomic E-state index is 0.360. The summed E-state index contributed by atoms with van der Waals surface area (Å²) in [6, 6.07) is 3.63. The van der Waals surface area contributed by atoms with Gasteiger partial charge in [0.25, 0.3) is 0 Å². The van der Waals surface area contributed by atoms with Crippen molar-refractivity contribution in [3.8, 4) is 0 Å². The van der Waals surface area contributed by atoms with Gasteiger partial charge in [0.2, 0.25) is 0 Å². The summed E-state index contributed by atoms with van der Waals surface area (Å²) < 4.78 is 4.80. The first-order valence-corrected chi connectivity index (χ1v) is 4.85. The van der Waals surface area contributed by atoms with E-state index in [1.807, 2.05) is 26.0 Å². The first-order valence-electron chi connectivity index (χ1n) is 4.85. The van der Waals surface area contributed by atoms with Crippen LogP contribution in [0.4, 0.5) is 16.2 Å². The number of amides is 1. The van der Waals surface area contributed by atoms with Crippen molar-refractivity contribution < 1.29 is 9.53 Å². The van der Waals surface area contributed by atoms with E-state index < -0.39 is 6.09 Å². The summed E-state index contributed by atoms with van der Waals surface area (Å²) in [5.74, 6) is 0. The van der Waals surface area contributed by atoms with Crippen molar-refractivity contribution in [2.45, 2.75) is 20.8 Å². The zero-order valence-corrected chi connectivity index (χ0v) is 9.26. The Hall–Kier alpha value is -1.71. The molecular weight excluding hydrogens is 192 g/mol. The van der Waals surface area contributed by atoms with Crippen molar-refractivity contribution in [1.82, 2.24) is 0 Å². The molecular formula is C11H16N2O2. The maximum atomic E-state index is 11.2. The predicted octanol–water partition coefficient (Wildman–Crippen LogP) is 2.45. The smallest absolute Gasteiger partial charge is 0.411 e. The molecule has 0 aliphatic carbocycles. The van der Waals surface area contributed by atoms with Gasteiger partial charge in [-0.05, 0) is 44.0 Å². The van der Waals surface area contributed by atoms with Gasteiger partial charge in [0, 0.05) is 11.4 Å². The van der Waals surface area contributed by atoms with Crippen molar-refractivity contribution >= 4 is 17.5 Å². The van der Waals surface area contributed by atoms with Crippen LogP contribution in [-0.4, -0.2) is 12.7 Å². The fourth-order valence-corrected chi connectivity index (χ4v) is 1.46. The van der Waals surface area contributed by atoms with Crippen LogP contribution in [0.1, 0.15) is 18.1 Å². The topological polar surface area (TPSA) is 64.3 Å². The Bertz CT molecular complexity index is 352. The zero-order chi connectivity index (χ0) is 11.4. The summed E-state index contributed by atoms with van der Waals surface area (Å²) in [6.45, 7) is 5.91. The van der Waals surface area contributed by atoms with E-state index in [1.165, 1.54) is 0 Å². The average molecular weight is 208 g/mol. The Morgan fingerprint density at radius 3 is 2.40 bits per heavy atom. The van der Waals surface area contributed by atoms with Crippen LogP contribution in [0.25, 0.3) is 0 Å². The van der Waals surface area contributed by atoms with Gasteiger partial charge in [0.1, 0.15) is 0 Å². The molecule has 1 amide bonds. The highest BCUT2D eigenvalue weighted by molar-refractivity contribution is 5.87. The van der Waals surface area contributed by atoms with E-state index in [0.717, 1.165) is 16.8 Å². The molecule has 0 heterocycles. The second kappa shape index (κ2) is 4.68. The quantitative estimate of drug-likeness (QED) is 0.734. The van der Waals surface area contributed by atoms with Crippen LogP contribution in [0.15, 0.2) is 12.1 Å². The van der Waals surface area contributed by atoms with Gasteiger partial charge in [0.05, 0.1) is 6.61 Å². The molecule has 0 bridgehead atoms. The summed E-state index contributed by atoms with van der Waals surface area (Å²) in [4.78, 5) is 11.2. The molecule has 0 radical (unpaired) electrons. The molecule has 0 aliphatic rings. The Labute approximate surface area is 89.4 Å². The van der Waals surface area contributed by atoms with Crippen LogP contribution in [-0.2, 0) is 4.74 Å². The van der Waals surface area contributed by atoms with E-state index in [4.69, 9.17) is 10.5 Å². The van der Waals surface area contributed by atoms with E-state index in [0.29, 0.717) is 12.3 Å². The van der Waals surface area contributed by atoms with Gasteiger partial charge in [-0.2, -0.15) is 0 Å². The first kappa shape index (κ1) is 11.4. The van der Waals surface area contributed by atoms with Gasteiger partial charge in [-0.25, -0.2) is 4.79 Å². The molecule has 0 aromatic heterocycles. The van der Waals surface area contributed by atoms with Crippen molar-refractivity contribution in [3.05, 3.63) is 23.3 Å². The third-order valence-corrected chi connectivity index (χ3v) is 2.06. The van der Waals surface area contributed by atoms with Crippen LogP contribution in [0, 0.1) is 13.8 Å². The summed E-state index contributed by atoms with van der Waals surface area (Å²) in [7, 11) is 0. The van der Waals surface area contributed by atoms with Gasteiger partial charge in [0.15, 0.2) is 0 Å². The molecule has 1 aromatic rings. The van der Waals surface area contributed by atoms with Gasteiger partial charge >= 0.3 is 6.09 Å². The second-order valence-corrected chi connectivity index (χ2v) is 3.38. The molecule has 0 atom stereocenters. The standard InChI is InChI=1S/C11H16N2O2/c1-4-15-11(14)13-10-7(2)5-9(12)6-8(10)3/h5-6H,4,12H2,1-3H3,(H,13,14). The average Bonchev–Trinajstić information content (AvgIpc) is 2.11. The molecule has 4 heteroatoms. The number of carbonyl (C=O) groups is 1. The maximum absolute atomic E-state index is 11.2. The molecule has 4 nitrogen and oxygen atoms in total. The molecule has 3 N–H and O–H groups in total. The SMILES string of the molecule is CCOC(=O)Nc1c(C)cc(N)cc1C. The van der Waals surface area contributed by atoms with E-state index in [1.54, 1.807) is 6.92 Å². The van der Waals surface area contributed by atoms with E-state index in [9.17, 15) is 4.79 Å². The number of ether oxygens (including phenoxy) is 1. The van der Waals surface area contributed by atoms with Crippen molar-refractivity contribution in [3.63, 3.8) is 0 Å². The fraction of sp³-hybridized carbons (Fsp3) is 0.364. The number of nitrogen functional groups attached to an aromatic ring is 1. The molecule has 0 saturated carbocycles. The summed E-state index contributed by atoms with van der Waals surface area (Å²) >= 11 is 0. The highest BCUT2D eigenvalue weighted by atomic mass is 16.5. The molecule has 82 valence electrons. The van der Waals surface area contributed by atoms with E-state index >= 15 is 0 Å². The molecule has 0 unspecified atom stereocenters. The predicted molar refractivity (Wildman–Crippen MR) is 61.0 cm³/mol. The van der Waals surface area contributed by atoms with Crippen molar-refractivity contribution in [2.75, 3.05) is 17.7 Å². The van der Waals surface area contributed by atoms with Crippen LogP contribution < -0.4 is 11.1 Å². The number of rotatable bonds is 2. The fourth-order valence-electron chi connectivity index (χ4n) is 1.46. The van der Waals surface area contributed by atoms with Gasteiger partial charge < -0.3 is 10.5 Å². The molecule has 0 saturated heterocycles. The third kappa shape index (κ3) is 2.87. The number of hydrogen-bond donors (Lipinski definition) is 2. The zero-order valence-electron chi connectivity index (χ0n) is 9.26. The van der Waals surface area contributed by atoms with Crippen LogP contribution in [0.5, 0.6) is 0 Å². The van der Waals surface area contributed by atoms with Gasteiger partial charge in [-0.15, -0.1) is 0 Å². The largest absolute Gasteiger partial charge is 0.450 e. The van der Waals surface area contributed by atoms with E-state index in [2.05, 4.69) is 5.32 Å². The first-order chi connectivity index (χ1) is 7.04. The van der Waals surface area contributed by atoms with Gasteiger partial charge in [-0.1, -0.05) is 0 Å². The molecule has 0 fully saturated rings. The number of anilines is 2. The highest BCUT2D eigenvalue weighted by Gasteiger charge is 2.08. The maximum Gasteiger partial charge on any atom is 0.411 e. The van der Waals surface area contributed by atoms with Crippen molar-refractivity contribution in [2.24, 2.45) is 0 Å². The van der Waals surface area contributed by atoms with Gasteiger partial charge in [-0.3, -0.25) is 5.32 Å². The Kier molecular flexibility index (Phi) is 3.55. The molecule has 1 aromatic carbocycles. The lowest BCUT2D eigenvalue weighted by atomic mass is 10.1. The second-order valence-electron chi connectivity index (χ2n) is 3.38. The van der Waals surface area contributed by atoms with Crippen molar-refractivity contribution in [1.29, 1.82) is 0 Å². The monoisotopic (exact) mass is 208 g/mol. The number of carbonyl (C=O) groups excluding carboxylic acids is 1. The normalized spacial score (nSPS) is 9.80. The Balaban J connectivity index is 2.90. The minimum atomic E-state index is -0.437. The summed E-state index contributed by atoms with van der Waals surface area (Å²) in [5, 5.41) is 2.69. The third-order valence-electron chi connectivity index (χ3n) is 2.06. The Morgan fingerprint density at radius 1 is 1.40 bits per heavy atom. The minimum Gasteiger partial charge on any atom is -0.450 e. The number of nitrogens with two attached hydrogens (primary N) is 1. The number of nitrogens with one attached hydrogen (secondary N) is 1. The number of aryl methyl sites for hydroxylation is 2. The summed E-state index contributed by atoms with van der Waals surface area (Å²) in [5.41, 5.74) is 9.00. The molecule has 1 rings (SSSR count). The van der Waals surface area contributed by atoms with Crippen LogP contribution in [0.2, 0.25) is 0 Å². The molecule has 0 aliphatic heterocycles. The lowest BCUT2D eigenvalue weighted by Crippen LogP contribution is -2.15. The molecule has 15 heavy (non-hydrogen) atoms. The number of hydrogen-bond acceptors (Lipinski definition) is 3. The lowest BCUT2D eigenvalue weighted by Gasteiger charge is -2.12. The lowest BCUT2D eigenvalue weighted by molar-refractivity contribution is 0.168.